The second-order valence-corrected chi connectivity index (χ2v) is 7.14. The molecule has 146 valence electrons. The number of aromatic nitrogens is 2. The summed E-state index contributed by atoms with van der Waals surface area (Å²) in [6.07, 6.45) is 0.714. The van der Waals surface area contributed by atoms with Gasteiger partial charge in [0.2, 0.25) is 5.91 Å². The molecule has 1 aromatic heterocycles. The van der Waals surface area contributed by atoms with Gasteiger partial charge in [-0.1, -0.05) is 30.0 Å². The average molecular weight is 398 g/mol. The minimum atomic E-state index is -0.0279. The van der Waals surface area contributed by atoms with Crippen LogP contribution in [-0.2, 0) is 11.2 Å². The number of aryl methyl sites for hydroxylation is 1. The fraction of sp³-hybridized carbons (Fsp3) is 0.286. The number of amides is 1. The Labute approximate surface area is 168 Å². The highest BCUT2D eigenvalue weighted by molar-refractivity contribution is 7.99. The third kappa shape index (κ3) is 4.92. The van der Waals surface area contributed by atoms with Crippen LogP contribution in [0.1, 0.15) is 11.3 Å². The number of benzene rings is 2. The summed E-state index contributed by atoms with van der Waals surface area (Å²) in [5.74, 6) is 1.66. The van der Waals surface area contributed by atoms with Gasteiger partial charge in [0, 0.05) is 6.54 Å². The molecule has 0 radical (unpaired) electrons. The second kappa shape index (κ2) is 9.41. The van der Waals surface area contributed by atoms with E-state index in [4.69, 9.17) is 9.47 Å². The zero-order chi connectivity index (χ0) is 19.9. The molecular formula is C21H23N3O3S. The molecular weight excluding hydrogens is 374 g/mol. The molecule has 0 fully saturated rings. The predicted molar refractivity (Wildman–Crippen MR) is 111 cm³/mol. The molecule has 7 heteroatoms. The minimum Gasteiger partial charge on any atom is -0.493 e. The van der Waals surface area contributed by atoms with Gasteiger partial charge >= 0.3 is 0 Å². The number of fused-ring (bicyclic) bond motifs is 1. The molecule has 0 saturated carbocycles. The van der Waals surface area contributed by atoms with Crippen LogP contribution in [0.15, 0.2) is 47.5 Å². The number of para-hydroxylation sites is 2. The number of rotatable bonds is 8. The van der Waals surface area contributed by atoms with Crippen LogP contribution in [0.3, 0.4) is 0 Å². The van der Waals surface area contributed by atoms with Crippen molar-refractivity contribution in [1.82, 2.24) is 15.3 Å². The summed E-state index contributed by atoms with van der Waals surface area (Å²) in [5.41, 5.74) is 3.61. The van der Waals surface area contributed by atoms with Gasteiger partial charge in [-0.05, 0) is 43.2 Å². The molecule has 1 amide bonds. The normalized spacial score (nSPS) is 10.7. The third-order valence-corrected chi connectivity index (χ3v) is 5.29. The first-order valence-corrected chi connectivity index (χ1v) is 9.93. The first-order valence-electron chi connectivity index (χ1n) is 8.94. The van der Waals surface area contributed by atoms with Crippen molar-refractivity contribution >= 4 is 28.7 Å². The number of carbonyl (C=O) groups is 1. The maximum atomic E-state index is 12.2. The number of hydrogen-bond donors (Lipinski definition) is 1. The number of nitrogens with zero attached hydrogens (tertiary/aromatic N) is 2. The molecule has 0 aliphatic heterocycles. The van der Waals surface area contributed by atoms with E-state index in [9.17, 15) is 4.79 Å². The van der Waals surface area contributed by atoms with Crippen LogP contribution < -0.4 is 14.8 Å². The van der Waals surface area contributed by atoms with Gasteiger partial charge < -0.3 is 14.8 Å². The van der Waals surface area contributed by atoms with Gasteiger partial charge in [-0.3, -0.25) is 4.79 Å². The Bertz CT molecular complexity index is 978. The van der Waals surface area contributed by atoms with Gasteiger partial charge in [-0.15, -0.1) is 0 Å². The van der Waals surface area contributed by atoms with Crippen molar-refractivity contribution in [1.29, 1.82) is 0 Å². The zero-order valence-corrected chi connectivity index (χ0v) is 17.0. The van der Waals surface area contributed by atoms with Crippen LogP contribution in [0.4, 0.5) is 0 Å². The number of carbonyl (C=O) groups excluding carboxylic acids is 1. The van der Waals surface area contributed by atoms with Crippen LogP contribution in [-0.4, -0.2) is 42.4 Å². The largest absolute Gasteiger partial charge is 0.493 e. The number of methoxy groups -OCH3 is 2. The van der Waals surface area contributed by atoms with E-state index in [2.05, 4.69) is 15.3 Å². The van der Waals surface area contributed by atoms with E-state index >= 15 is 0 Å². The molecule has 3 aromatic rings. The van der Waals surface area contributed by atoms with E-state index in [-0.39, 0.29) is 5.91 Å². The summed E-state index contributed by atoms with van der Waals surface area (Å²) in [4.78, 5) is 21.3. The summed E-state index contributed by atoms with van der Waals surface area (Å²) in [5, 5.41) is 3.73. The molecule has 0 bridgehead atoms. The van der Waals surface area contributed by atoms with E-state index in [1.54, 1.807) is 14.2 Å². The minimum absolute atomic E-state index is 0.0279. The summed E-state index contributed by atoms with van der Waals surface area (Å²) < 4.78 is 10.5. The van der Waals surface area contributed by atoms with Gasteiger partial charge in [-0.2, -0.15) is 0 Å². The molecule has 3 rings (SSSR count). The first kappa shape index (κ1) is 19.9. The molecule has 1 heterocycles. The van der Waals surface area contributed by atoms with Crippen molar-refractivity contribution in [3.63, 3.8) is 0 Å². The van der Waals surface area contributed by atoms with E-state index in [0.29, 0.717) is 30.2 Å². The third-order valence-electron chi connectivity index (χ3n) is 4.23. The quantitative estimate of drug-likeness (QED) is 0.587. The fourth-order valence-corrected chi connectivity index (χ4v) is 3.56. The monoisotopic (exact) mass is 397 g/mol. The average Bonchev–Trinajstić information content (AvgIpc) is 2.72. The lowest BCUT2D eigenvalue weighted by molar-refractivity contribution is -0.118. The highest BCUT2D eigenvalue weighted by atomic mass is 32.2. The predicted octanol–water partition coefficient (Wildman–Crippen LogP) is 3.41. The zero-order valence-electron chi connectivity index (χ0n) is 16.2. The van der Waals surface area contributed by atoms with Gasteiger partial charge in [-0.25, -0.2) is 9.97 Å². The molecule has 0 atom stereocenters. The fourth-order valence-electron chi connectivity index (χ4n) is 2.78. The summed E-state index contributed by atoms with van der Waals surface area (Å²) in [6.45, 7) is 2.47. The molecule has 28 heavy (non-hydrogen) atoms. The maximum Gasteiger partial charge on any atom is 0.230 e. The molecule has 0 spiro atoms. The Kier molecular flexibility index (Phi) is 6.71. The Morgan fingerprint density at radius 1 is 1.04 bits per heavy atom. The summed E-state index contributed by atoms with van der Waals surface area (Å²) >= 11 is 1.41. The molecule has 1 N–H and O–H groups in total. The molecule has 6 nitrogen and oxygen atoms in total. The van der Waals surface area contributed by atoms with Crippen molar-refractivity contribution in [3.8, 4) is 11.5 Å². The molecule has 0 unspecified atom stereocenters. The Morgan fingerprint density at radius 3 is 2.46 bits per heavy atom. The highest BCUT2D eigenvalue weighted by Crippen LogP contribution is 2.27. The number of hydrogen-bond acceptors (Lipinski definition) is 6. The lowest BCUT2D eigenvalue weighted by Crippen LogP contribution is -2.27. The molecule has 0 aliphatic rings. The van der Waals surface area contributed by atoms with Gasteiger partial charge in [0.1, 0.15) is 5.03 Å². The number of ether oxygens (including phenoxy) is 2. The van der Waals surface area contributed by atoms with Crippen molar-refractivity contribution in [2.75, 3.05) is 26.5 Å². The van der Waals surface area contributed by atoms with Crippen molar-refractivity contribution < 1.29 is 14.3 Å². The van der Waals surface area contributed by atoms with E-state index in [1.807, 2.05) is 49.4 Å². The van der Waals surface area contributed by atoms with Crippen LogP contribution in [0, 0.1) is 6.92 Å². The first-order chi connectivity index (χ1) is 13.6. The standard InChI is InChI=1S/C21H23N3O3S/c1-14-21(24-17-7-5-4-6-16(17)23-14)28-13-20(25)22-11-10-15-8-9-18(26-2)19(12-15)27-3/h4-9,12H,10-11,13H2,1-3H3,(H,22,25). The highest BCUT2D eigenvalue weighted by Gasteiger charge is 2.09. The van der Waals surface area contributed by atoms with Crippen molar-refractivity contribution in [2.24, 2.45) is 0 Å². The van der Waals surface area contributed by atoms with Gasteiger partial charge in [0.05, 0.1) is 36.7 Å². The van der Waals surface area contributed by atoms with Gasteiger partial charge in [0.15, 0.2) is 11.5 Å². The van der Waals surface area contributed by atoms with E-state index in [1.165, 1.54) is 11.8 Å². The maximum absolute atomic E-state index is 12.2. The second-order valence-electron chi connectivity index (χ2n) is 6.18. The summed E-state index contributed by atoms with van der Waals surface area (Å²) in [7, 11) is 3.22. The Hall–Kier alpha value is -2.80. The van der Waals surface area contributed by atoms with Crippen LogP contribution in [0.5, 0.6) is 11.5 Å². The molecule has 0 saturated heterocycles. The SMILES string of the molecule is COc1ccc(CCNC(=O)CSc2nc3ccccc3nc2C)cc1OC. The number of thioether (sulfide) groups is 1. The van der Waals surface area contributed by atoms with Crippen LogP contribution in [0.25, 0.3) is 11.0 Å². The van der Waals surface area contributed by atoms with E-state index in [0.717, 1.165) is 27.3 Å². The topological polar surface area (TPSA) is 73.3 Å². The molecule has 2 aromatic carbocycles. The lowest BCUT2D eigenvalue weighted by Gasteiger charge is -2.10. The Morgan fingerprint density at radius 2 is 1.75 bits per heavy atom. The smallest absolute Gasteiger partial charge is 0.230 e. The molecule has 0 aliphatic carbocycles. The Balaban J connectivity index is 1.50. The van der Waals surface area contributed by atoms with E-state index < -0.39 is 0 Å². The lowest BCUT2D eigenvalue weighted by atomic mass is 10.1. The summed E-state index contributed by atoms with van der Waals surface area (Å²) in [6, 6.07) is 13.5. The van der Waals surface area contributed by atoms with Crippen molar-refractivity contribution in [3.05, 3.63) is 53.7 Å². The van der Waals surface area contributed by atoms with Gasteiger partial charge in [0.25, 0.3) is 0 Å². The van der Waals surface area contributed by atoms with Crippen LogP contribution >= 0.6 is 11.8 Å². The number of nitrogens with one attached hydrogen (secondary N) is 1. The van der Waals surface area contributed by atoms with Crippen LogP contribution in [0.2, 0.25) is 0 Å². The van der Waals surface area contributed by atoms with Crippen molar-refractivity contribution in [2.45, 2.75) is 18.4 Å².